The molecule has 0 unspecified atom stereocenters. The van der Waals surface area contributed by atoms with E-state index in [1.165, 1.54) is 10.4 Å². The summed E-state index contributed by atoms with van der Waals surface area (Å²) >= 11 is 1.67. The minimum absolute atomic E-state index is 0.124. The van der Waals surface area contributed by atoms with Gasteiger partial charge in [-0.3, -0.25) is 4.79 Å². The van der Waals surface area contributed by atoms with Crippen LogP contribution in [0.25, 0.3) is 11.3 Å². The first-order valence-electron chi connectivity index (χ1n) is 6.48. The molecule has 0 N–H and O–H groups in total. The van der Waals surface area contributed by atoms with Gasteiger partial charge in [-0.1, -0.05) is 6.07 Å². The van der Waals surface area contributed by atoms with Crippen LogP contribution >= 0.6 is 11.3 Å². The van der Waals surface area contributed by atoms with Crippen LogP contribution in [-0.4, -0.2) is 17.4 Å². The first-order valence-corrected chi connectivity index (χ1v) is 7.36. The number of hydrogen-bond acceptors (Lipinski definition) is 3. The van der Waals surface area contributed by atoms with Crippen LogP contribution in [0, 0.1) is 6.92 Å². The molecule has 0 aliphatic carbocycles. The maximum Gasteiger partial charge on any atom is 0.223 e. The summed E-state index contributed by atoms with van der Waals surface area (Å²) in [5.41, 5.74) is 6.42. The second-order valence-corrected chi connectivity index (χ2v) is 5.93. The van der Waals surface area contributed by atoms with E-state index in [1.54, 1.807) is 18.3 Å². The van der Waals surface area contributed by atoms with Gasteiger partial charge in [0.2, 0.25) is 5.91 Å². The van der Waals surface area contributed by atoms with E-state index in [1.807, 2.05) is 10.4 Å². The zero-order valence-corrected chi connectivity index (χ0v) is 12.0. The SMILES string of the molecule is CC(=O)N1CCCc2cc(-c3ncsc3C)ccc21. The van der Waals surface area contributed by atoms with E-state index in [9.17, 15) is 4.79 Å². The molecule has 0 atom stereocenters. The van der Waals surface area contributed by atoms with Gasteiger partial charge >= 0.3 is 0 Å². The Labute approximate surface area is 116 Å². The predicted molar refractivity (Wildman–Crippen MR) is 78.6 cm³/mol. The lowest BCUT2D eigenvalue weighted by Gasteiger charge is -2.28. The lowest BCUT2D eigenvalue weighted by atomic mass is 9.98. The largest absolute Gasteiger partial charge is 0.312 e. The third-order valence-corrected chi connectivity index (χ3v) is 4.35. The highest BCUT2D eigenvalue weighted by atomic mass is 32.1. The summed E-state index contributed by atoms with van der Waals surface area (Å²) in [4.78, 5) is 19.2. The number of rotatable bonds is 1. The molecule has 0 bridgehead atoms. The molecule has 4 heteroatoms. The predicted octanol–water partition coefficient (Wildman–Crippen LogP) is 3.42. The number of thiazole rings is 1. The van der Waals surface area contributed by atoms with Crippen molar-refractivity contribution in [2.75, 3.05) is 11.4 Å². The van der Waals surface area contributed by atoms with E-state index in [0.717, 1.165) is 36.3 Å². The molecule has 0 spiro atoms. The van der Waals surface area contributed by atoms with Crippen LogP contribution < -0.4 is 4.90 Å². The van der Waals surface area contributed by atoms with E-state index in [2.05, 4.69) is 30.1 Å². The summed E-state index contributed by atoms with van der Waals surface area (Å²) in [6, 6.07) is 6.32. The van der Waals surface area contributed by atoms with Gasteiger partial charge in [0.25, 0.3) is 0 Å². The number of carbonyl (C=O) groups excluding carboxylic acids is 1. The van der Waals surface area contributed by atoms with Gasteiger partial charge in [-0.2, -0.15) is 0 Å². The van der Waals surface area contributed by atoms with E-state index in [-0.39, 0.29) is 5.91 Å². The maximum absolute atomic E-state index is 11.6. The summed E-state index contributed by atoms with van der Waals surface area (Å²) in [6.07, 6.45) is 2.07. The van der Waals surface area contributed by atoms with Crippen LogP contribution in [-0.2, 0) is 11.2 Å². The number of anilines is 1. The molecule has 98 valence electrons. The molecule has 0 fully saturated rings. The quantitative estimate of drug-likeness (QED) is 0.797. The number of hydrogen-bond donors (Lipinski definition) is 0. The molecular weight excluding hydrogens is 256 g/mol. The number of fused-ring (bicyclic) bond motifs is 1. The number of carbonyl (C=O) groups is 1. The van der Waals surface area contributed by atoms with Gasteiger partial charge in [0.05, 0.1) is 11.2 Å². The van der Waals surface area contributed by atoms with E-state index >= 15 is 0 Å². The fourth-order valence-electron chi connectivity index (χ4n) is 2.65. The normalized spacial score (nSPS) is 14.3. The second-order valence-electron chi connectivity index (χ2n) is 4.87. The Morgan fingerprint density at radius 2 is 2.26 bits per heavy atom. The Morgan fingerprint density at radius 1 is 1.42 bits per heavy atom. The average Bonchev–Trinajstić information content (AvgIpc) is 2.83. The maximum atomic E-state index is 11.6. The van der Waals surface area contributed by atoms with Crippen LogP contribution in [0.4, 0.5) is 5.69 Å². The Hall–Kier alpha value is -1.68. The van der Waals surface area contributed by atoms with Crippen molar-refractivity contribution in [2.45, 2.75) is 26.7 Å². The van der Waals surface area contributed by atoms with E-state index < -0.39 is 0 Å². The molecule has 1 aromatic carbocycles. The summed E-state index contributed by atoms with van der Waals surface area (Å²) in [7, 11) is 0. The van der Waals surface area contributed by atoms with Crippen LogP contribution in [0.2, 0.25) is 0 Å². The number of aryl methyl sites for hydroxylation is 2. The van der Waals surface area contributed by atoms with Crippen molar-refractivity contribution < 1.29 is 4.79 Å². The minimum Gasteiger partial charge on any atom is -0.312 e. The molecule has 0 saturated carbocycles. The second kappa shape index (κ2) is 4.78. The first-order chi connectivity index (χ1) is 9.16. The van der Waals surface area contributed by atoms with E-state index in [4.69, 9.17) is 0 Å². The van der Waals surface area contributed by atoms with Gasteiger partial charge in [0, 0.05) is 29.6 Å². The Morgan fingerprint density at radius 3 is 2.95 bits per heavy atom. The third kappa shape index (κ3) is 2.16. The van der Waals surface area contributed by atoms with Crippen LogP contribution in [0.1, 0.15) is 23.8 Å². The molecule has 1 aromatic heterocycles. The summed E-state index contributed by atoms with van der Waals surface area (Å²) in [6.45, 7) is 4.55. The third-order valence-electron chi connectivity index (χ3n) is 3.60. The molecule has 2 aromatic rings. The van der Waals surface area contributed by atoms with Crippen molar-refractivity contribution in [1.82, 2.24) is 4.98 Å². The van der Waals surface area contributed by atoms with Gasteiger partial charge in [-0.25, -0.2) is 4.98 Å². The highest BCUT2D eigenvalue weighted by molar-refractivity contribution is 7.10. The Bertz CT molecular complexity index is 633. The smallest absolute Gasteiger partial charge is 0.223 e. The van der Waals surface area contributed by atoms with Crippen molar-refractivity contribution in [1.29, 1.82) is 0 Å². The lowest BCUT2D eigenvalue weighted by molar-refractivity contribution is -0.116. The molecule has 3 nitrogen and oxygen atoms in total. The van der Waals surface area contributed by atoms with Crippen LogP contribution in [0.3, 0.4) is 0 Å². The molecular formula is C15H16N2OS. The highest BCUT2D eigenvalue weighted by Crippen LogP contribution is 2.32. The van der Waals surface area contributed by atoms with Crippen LogP contribution in [0.15, 0.2) is 23.7 Å². The van der Waals surface area contributed by atoms with Crippen molar-refractivity contribution in [2.24, 2.45) is 0 Å². The standard InChI is InChI=1S/C15H16N2OS/c1-10-15(16-9-19-10)13-5-6-14-12(8-13)4-3-7-17(14)11(2)18/h5-6,8-9H,3-4,7H2,1-2H3. The van der Waals surface area contributed by atoms with Gasteiger partial charge in [-0.15, -0.1) is 11.3 Å². The first kappa shape index (κ1) is 12.4. The van der Waals surface area contributed by atoms with E-state index in [0.29, 0.717) is 0 Å². The monoisotopic (exact) mass is 272 g/mol. The Balaban J connectivity index is 2.05. The molecule has 0 radical (unpaired) electrons. The molecule has 3 rings (SSSR count). The fraction of sp³-hybridized carbons (Fsp3) is 0.333. The van der Waals surface area contributed by atoms with Gasteiger partial charge in [0.1, 0.15) is 0 Å². The average molecular weight is 272 g/mol. The minimum atomic E-state index is 0.124. The molecule has 19 heavy (non-hydrogen) atoms. The number of nitrogens with zero attached hydrogens (tertiary/aromatic N) is 2. The molecule has 2 heterocycles. The molecule has 1 amide bonds. The van der Waals surface area contributed by atoms with Crippen LogP contribution in [0.5, 0.6) is 0 Å². The number of aromatic nitrogens is 1. The number of amides is 1. The summed E-state index contributed by atoms with van der Waals surface area (Å²) in [5, 5.41) is 0. The Kier molecular flexibility index (Phi) is 3.11. The summed E-state index contributed by atoms with van der Waals surface area (Å²) in [5.74, 6) is 0.124. The zero-order chi connectivity index (χ0) is 13.4. The van der Waals surface area contributed by atoms with Crippen molar-refractivity contribution in [3.05, 3.63) is 34.2 Å². The topological polar surface area (TPSA) is 33.2 Å². The number of benzene rings is 1. The van der Waals surface area contributed by atoms with Gasteiger partial charge in [0.15, 0.2) is 0 Å². The lowest BCUT2D eigenvalue weighted by Crippen LogP contribution is -2.33. The van der Waals surface area contributed by atoms with Gasteiger partial charge < -0.3 is 4.90 Å². The summed E-state index contributed by atoms with van der Waals surface area (Å²) < 4.78 is 0. The zero-order valence-electron chi connectivity index (χ0n) is 11.1. The van der Waals surface area contributed by atoms with Crippen molar-refractivity contribution in [3.63, 3.8) is 0 Å². The fourth-order valence-corrected chi connectivity index (χ4v) is 3.25. The van der Waals surface area contributed by atoms with Crippen molar-refractivity contribution in [3.8, 4) is 11.3 Å². The van der Waals surface area contributed by atoms with Gasteiger partial charge in [-0.05, 0) is 37.5 Å². The molecule has 1 aliphatic heterocycles. The molecule has 1 aliphatic rings. The highest BCUT2D eigenvalue weighted by Gasteiger charge is 2.20. The molecule has 0 saturated heterocycles. The van der Waals surface area contributed by atoms with Crippen molar-refractivity contribution >= 4 is 22.9 Å².